The number of benzene rings is 1. The van der Waals surface area contributed by atoms with Crippen LogP contribution in [-0.4, -0.2) is 40.7 Å². The zero-order valence-electron chi connectivity index (χ0n) is 11.0. The summed E-state index contributed by atoms with van der Waals surface area (Å²) in [5, 5.41) is 23.4. The van der Waals surface area contributed by atoms with Crippen molar-refractivity contribution in [1.29, 1.82) is 0 Å². The Labute approximate surface area is 121 Å². The zero-order chi connectivity index (χ0) is 14.0. The first-order valence-electron chi connectivity index (χ1n) is 6.62. The molecule has 0 saturated carbocycles. The van der Waals surface area contributed by atoms with Crippen molar-refractivity contribution >= 4 is 28.2 Å². The number of hydrogen-bond acceptors (Lipinski definition) is 5. The van der Waals surface area contributed by atoms with Crippen LogP contribution in [-0.2, 0) is 4.74 Å². The molecule has 6 heteroatoms. The second-order valence-corrected chi connectivity index (χ2v) is 5.42. The average Bonchev–Trinajstić information content (AvgIpc) is 2.51. The average molecular weight is 294 g/mol. The molecule has 2 N–H and O–H groups in total. The van der Waals surface area contributed by atoms with Gasteiger partial charge in [0.1, 0.15) is 0 Å². The van der Waals surface area contributed by atoms with Gasteiger partial charge in [0.05, 0.1) is 12.1 Å². The first-order valence-corrected chi connectivity index (χ1v) is 7.00. The summed E-state index contributed by atoms with van der Waals surface area (Å²) >= 11 is 6.07. The van der Waals surface area contributed by atoms with E-state index >= 15 is 0 Å². The Morgan fingerprint density at radius 2 is 1.90 bits per heavy atom. The lowest BCUT2D eigenvalue weighted by atomic mass is 9.91. The van der Waals surface area contributed by atoms with E-state index in [4.69, 9.17) is 16.3 Å². The number of nitrogens with zero attached hydrogens (tertiary/aromatic N) is 2. The molecule has 20 heavy (non-hydrogen) atoms. The van der Waals surface area contributed by atoms with Crippen molar-refractivity contribution < 1.29 is 9.84 Å². The number of fused-ring (bicyclic) bond motifs is 1. The predicted molar refractivity (Wildman–Crippen MR) is 78.0 cm³/mol. The van der Waals surface area contributed by atoms with E-state index in [1.807, 2.05) is 24.3 Å². The smallest absolute Gasteiger partial charge is 0.159 e. The molecule has 3 rings (SSSR count). The van der Waals surface area contributed by atoms with E-state index in [0.29, 0.717) is 24.2 Å². The van der Waals surface area contributed by atoms with Crippen LogP contribution in [0.25, 0.3) is 10.8 Å². The fourth-order valence-electron chi connectivity index (χ4n) is 2.50. The quantitative estimate of drug-likeness (QED) is 0.908. The third-order valence-electron chi connectivity index (χ3n) is 3.78. The molecular weight excluding hydrogens is 278 g/mol. The van der Waals surface area contributed by atoms with Crippen LogP contribution in [0.2, 0.25) is 5.15 Å². The van der Waals surface area contributed by atoms with Gasteiger partial charge in [0.25, 0.3) is 0 Å². The summed E-state index contributed by atoms with van der Waals surface area (Å²) in [6.45, 7) is 1.30. The van der Waals surface area contributed by atoms with Crippen molar-refractivity contribution in [1.82, 2.24) is 10.2 Å². The van der Waals surface area contributed by atoms with Crippen LogP contribution in [0.4, 0.5) is 5.82 Å². The molecule has 1 aliphatic heterocycles. The number of aliphatic hydroxyl groups is 1. The molecule has 1 saturated heterocycles. The topological polar surface area (TPSA) is 67.3 Å². The maximum absolute atomic E-state index is 9.74. The summed E-state index contributed by atoms with van der Waals surface area (Å²) < 4.78 is 5.36. The summed E-state index contributed by atoms with van der Waals surface area (Å²) in [4.78, 5) is 0. The van der Waals surface area contributed by atoms with Gasteiger partial charge in [-0.25, -0.2) is 0 Å². The van der Waals surface area contributed by atoms with Crippen LogP contribution >= 0.6 is 11.6 Å². The predicted octanol–water partition coefficient (Wildman–Crippen LogP) is 2.24. The van der Waals surface area contributed by atoms with Crippen LogP contribution in [0, 0.1) is 0 Å². The maximum Gasteiger partial charge on any atom is 0.159 e. The number of nitrogens with one attached hydrogen (secondary N) is 1. The Bertz CT molecular complexity index is 614. The van der Waals surface area contributed by atoms with Gasteiger partial charge in [0, 0.05) is 24.0 Å². The Morgan fingerprint density at radius 3 is 2.60 bits per heavy atom. The van der Waals surface area contributed by atoms with Crippen molar-refractivity contribution in [3.63, 3.8) is 0 Å². The minimum Gasteiger partial charge on any atom is -0.394 e. The van der Waals surface area contributed by atoms with Crippen molar-refractivity contribution in [3.05, 3.63) is 29.4 Å². The highest BCUT2D eigenvalue weighted by Gasteiger charge is 2.32. The normalized spacial score (nSPS) is 18.1. The molecule has 0 bridgehead atoms. The second-order valence-electron chi connectivity index (χ2n) is 5.06. The van der Waals surface area contributed by atoms with Gasteiger partial charge >= 0.3 is 0 Å². The van der Waals surface area contributed by atoms with Crippen LogP contribution in [0.1, 0.15) is 12.8 Å². The minimum atomic E-state index is -0.399. The summed E-state index contributed by atoms with van der Waals surface area (Å²) in [7, 11) is 0. The Morgan fingerprint density at radius 1 is 1.20 bits per heavy atom. The van der Waals surface area contributed by atoms with Crippen LogP contribution in [0.3, 0.4) is 0 Å². The van der Waals surface area contributed by atoms with E-state index in [0.717, 1.165) is 23.6 Å². The molecule has 2 heterocycles. The summed E-state index contributed by atoms with van der Waals surface area (Å²) in [6.07, 6.45) is 1.48. The molecule has 1 aliphatic rings. The first-order chi connectivity index (χ1) is 9.74. The van der Waals surface area contributed by atoms with E-state index in [-0.39, 0.29) is 6.61 Å². The first kappa shape index (κ1) is 13.5. The summed E-state index contributed by atoms with van der Waals surface area (Å²) in [6, 6.07) is 7.70. The van der Waals surface area contributed by atoms with E-state index in [2.05, 4.69) is 15.5 Å². The lowest BCUT2D eigenvalue weighted by molar-refractivity contribution is 0.0379. The molecule has 5 nitrogen and oxygen atoms in total. The molecule has 0 radical (unpaired) electrons. The molecule has 2 aromatic rings. The molecule has 0 atom stereocenters. The highest BCUT2D eigenvalue weighted by atomic mass is 35.5. The van der Waals surface area contributed by atoms with Gasteiger partial charge in [0.2, 0.25) is 0 Å². The lowest BCUT2D eigenvalue weighted by Crippen LogP contribution is -2.47. The number of ether oxygens (including phenoxy) is 1. The van der Waals surface area contributed by atoms with Gasteiger partial charge in [-0.2, -0.15) is 0 Å². The van der Waals surface area contributed by atoms with Crippen LogP contribution < -0.4 is 5.32 Å². The number of hydrogen-bond donors (Lipinski definition) is 2. The molecule has 0 amide bonds. The van der Waals surface area contributed by atoms with E-state index in [9.17, 15) is 5.11 Å². The third-order valence-corrected chi connectivity index (χ3v) is 4.06. The Hall–Kier alpha value is -1.43. The number of aromatic nitrogens is 2. The number of anilines is 1. The molecule has 0 spiro atoms. The summed E-state index contributed by atoms with van der Waals surface area (Å²) in [5.41, 5.74) is -0.399. The van der Waals surface area contributed by atoms with Crippen molar-refractivity contribution in [3.8, 4) is 0 Å². The highest BCUT2D eigenvalue weighted by Crippen LogP contribution is 2.30. The van der Waals surface area contributed by atoms with E-state index in [1.54, 1.807) is 0 Å². The zero-order valence-corrected chi connectivity index (χ0v) is 11.7. The summed E-state index contributed by atoms with van der Waals surface area (Å²) in [5.74, 6) is 0.654. The monoisotopic (exact) mass is 293 g/mol. The van der Waals surface area contributed by atoms with Gasteiger partial charge in [-0.3, -0.25) is 0 Å². The maximum atomic E-state index is 9.74. The Balaban J connectivity index is 2.00. The molecule has 1 aromatic carbocycles. The van der Waals surface area contributed by atoms with Crippen molar-refractivity contribution in [2.45, 2.75) is 18.4 Å². The fourth-order valence-corrected chi connectivity index (χ4v) is 2.70. The molecule has 0 unspecified atom stereocenters. The fraction of sp³-hybridized carbons (Fsp3) is 0.429. The molecule has 1 fully saturated rings. The van der Waals surface area contributed by atoms with Crippen molar-refractivity contribution in [2.24, 2.45) is 0 Å². The lowest BCUT2D eigenvalue weighted by Gasteiger charge is -2.36. The van der Waals surface area contributed by atoms with E-state index in [1.165, 1.54) is 0 Å². The van der Waals surface area contributed by atoms with Crippen LogP contribution in [0.5, 0.6) is 0 Å². The number of rotatable bonds is 3. The molecule has 1 aromatic heterocycles. The van der Waals surface area contributed by atoms with Crippen molar-refractivity contribution in [2.75, 3.05) is 25.1 Å². The largest absolute Gasteiger partial charge is 0.394 e. The van der Waals surface area contributed by atoms with Gasteiger partial charge in [-0.05, 0) is 12.8 Å². The standard InChI is InChI=1S/C14H16ClN3O2/c15-12-10-3-1-2-4-11(10)13(18-17-12)16-14(9-19)5-7-20-8-6-14/h1-4,19H,5-9H2,(H,16,18). The molecular formula is C14H16ClN3O2. The third kappa shape index (κ3) is 2.44. The Kier molecular flexibility index (Phi) is 3.74. The molecule has 0 aliphatic carbocycles. The number of aliphatic hydroxyl groups excluding tert-OH is 1. The number of halogens is 1. The van der Waals surface area contributed by atoms with Gasteiger partial charge < -0.3 is 15.2 Å². The SMILES string of the molecule is OCC1(Nc2nnc(Cl)c3ccccc23)CCOCC1. The van der Waals surface area contributed by atoms with Gasteiger partial charge in [-0.15, -0.1) is 10.2 Å². The highest BCUT2D eigenvalue weighted by molar-refractivity contribution is 6.34. The van der Waals surface area contributed by atoms with Gasteiger partial charge in [-0.1, -0.05) is 35.9 Å². The van der Waals surface area contributed by atoms with Gasteiger partial charge in [0.15, 0.2) is 11.0 Å². The minimum absolute atomic E-state index is 0.0367. The second kappa shape index (κ2) is 5.52. The van der Waals surface area contributed by atoms with E-state index < -0.39 is 5.54 Å². The van der Waals surface area contributed by atoms with Crippen LogP contribution in [0.15, 0.2) is 24.3 Å². The molecule has 106 valence electrons.